The third-order valence-electron chi connectivity index (χ3n) is 3.96. The molecule has 104 valence electrons. The van der Waals surface area contributed by atoms with Crippen molar-refractivity contribution >= 4 is 11.8 Å². The molecule has 0 bridgehead atoms. The Kier molecular flexibility index (Phi) is 4.35. The van der Waals surface area contributed by atoms with E-state index >= 15 is 0 Å². The Morgan fingerprint density at radius 1 is 1.37 bits per heavy atom. The summed E-state index contributed by atoms with van der Waals surface area (Å²) in [5, 5.41) is 12.5. The van der Waals surface area contributed by atoms with Crippen LogP contribution in [0.1, 0.15) is 37.1 Å². The molecule has 5 nitrogen and oxygen atoms in total. The molecule has 1 fully saturated rings. The van der Waals surface area contributed by atoms with E-state index in [-0.39, 0.29) is 11.8 Å². The third-order valence-corrected chi connectivity index (χ3v) is 3.96. The summed E-state index contributed by atoms with van der Waals surface area (Å²) >= 11 is 0. The summed E-state index contributed by atoms with van der Waals surface area (Å²) in [6, 6.07) is 0. The van der Waals surface area contributed by atoms with Gasteiger partial charge in [-0.3, -0.25) is 9.78 Å². The van der Waals surface area contributed by atoms with Crippen LogP contribution in [0.4, 0.5) is 5.82 Å². The van der Waals surface area contributed by atoms with Gasteiger partial charge in [-0.25, -0.2) is 4.98 Å². The Labute approximate surface area is 113 Å². The van der Waals surface area contributed by atoms with Gasteiger partial charge in [0.15, 0.2) is 0 Å². The lowest BCUT2D eigenvalue weighted by atomic mass is 9.79. The van der Waals surface area contributed by atoms with E-state index in [2.05, 4.69) is 15.3 Å². The second kappa shape index (κ2) is 5.99. The summed E-state index contributed by atoms with van der Waals surface area (Å²) < 4.78 is 0. The fourth-order valence-corrected chi connectivity index (χ4v) is 2.64. The zero-order valence-electron chi connectivity index (χ0n) is 11.5. The van der Waals surface area contributed by atoms with Crippen LogP contribution in [-0.4, -0.2) is 27.6 Å². The maximum atomic E-state index is 11.2. The van der Waals surface area contributed by atoms with Crippen LogP contribution >= 0.6 is 0 Å². The predicted molar refractivity (Wildman–Crippen MR) is 73.1 cm³/mol. The van der Waals surface area contributed by atoms with Crippen LogP contribution in [0.3, 0.4) is 0 Å². The third kappa shape index (κ3) is 3.43. The van der Waals surface area contributed by atoms with Crippen LogP contribution in [-0.2, 0) is 4.79 Å². The fourth-order valence-electron chi connectivity index (χ4n) is 2.64. The minimum absolute atomic E-state index is 0.189. The normalized spacial score (nSPS) is 23.1. The molecule has 0 aromatic carbocycles. The fraction of sp³-hybridized carbons (Fsp3) is 0.643. The van der Waals surface area contributed by atoms with E-state index in [0.29, 0.717) is 6.54 Å². The first-order valence-corrected chi connectivity index (χ1v) is 6.85. The van der Waals surface area contributed by atoms with Gasteiger partial charge in [-0.05, 0) is 32.6 Å². The smallest absolute Gasteiger partial charge is 0.306 e. The average molecular weight is 263 g/mol. The van der Waals surface area contributed by atoms with Crippen molar-refractivity contribution in [3.05, 3.63) is 17.6 Å². The van der Waals surface area contributed by atoms with E-state index in [4.69, 9.17) is 0 Å². The van der Waals surface area contributed by atoms with Crippen LogP contribution in [0.15, 0.2) is 6.20 Å². The van der Waals surface area contributed by atoms with Crippen molar-refractivity contribution in [3.63, 3.8) is 0 Å². The maximum absolute atomic E-state index is 11.2. The molecule has 1 aliphatic carbocycles. The number of anilines is 1. The molecule has 0 amide bonds. The number of carbonyl (C=O) groups is 1. The van der Waals surface area contributed by atoms with Crippen molar-refractivity contribution in [3.8, 4) is 0 Å². The van der Waals surface area contributed by atoms with Gasteiger partial charge in [-0.1, -0.05) is 12.8 Å². The molecule has 5 heteroatoms. The van der Waals surface area contributed by atoms with Gasteiger partial charge in [-0.2, -0.15) is 0 Å². The number of aliphatic carboxylic acids is 1. The molecule has 1 heterocycles. The lowest BCUT2D eigenvalue weighted by Gasteiger charge is -2.28. The SMILES string of the molecule is Cc1ncc(NCC2CCCCC2C(=O)O)nc1C. The van der Waals surface area contributed by atoms with Gasteiger partial charge in [0, 0.05) is 6.54 Å². The first-order valence-electron chi connectivity index (χ1n) is 6.85. The second-order valence-electron chi connectivity index (χ2n) is 5.30. The summed E-state index contributed by atoms with van der Waals surface area (Å²) in [4.78, 5) is 19.9. The number of nitrogens with zero attached hydrogens (tertiary/aromatic N) is 2. The van der Waals surface area contributed by atoms with Gasteiger partial charge in [-0.15, -0.1) is 0 Å². The molecule has 0 spiro atoms. The Morgan fingerprint density at radius 2 is 2.11 bits per heavy atom. The largest absolute Gasteiger partial charge is 0.481 e. The first kappa shape index (κ1) is 13.8. The van der Waals surface area contributed by atoms with Gasteiger partial charge in [0.1, 0.15) is 5.82 Å². The van der Waals surface area contributed by atoms with Gasteiger partial charge >= 0.3 is 5.97 Å². The van der Waals surface area contributed by atoms with E-state index in [1.807, 2.05) is 13.8 Å². The lowest BCUT2D eigenvalue weighted by Crippen LogP contribution is -2.32. The van der Waals surface area contributed by atoms with Crippen molar-refractivity contribution in [2.75, 3.05) is 11.9 Å². The van der Waals surface area contributed by atoms with E-state index < -0.39 is 5.97 Å². The average Bonchev–Trinajstić information content (AvgIpc) is 2.40. The van der Waals surface area contributed by atoms with Crippen LogP contribution in [0.2, 0.25) is 0 Å². The lowest BCUT2D eigenvalue weighted by molar-refractivity contribution is -0.144. The predicted octanol–water partition coefficient (Wildman–Crippen LogP) is 2.40. The highest BCUT2D eigenvalue weighted by Crippen LogP contribution is 2.30. The summed E-state index contributed by atoms with van der Waals surface area (Å²) in [6.07, 6.45) is 5.62. The van der Waals surface area contributed by atoms with Crippen LogP contribution in [0.5, 0.6) is 0 Å². The summed E-state index contributed by atoms with van der Waals surface area (Å²) in [6.45, 7) is 4.51. The van der Waals surface area contributed by atoms with Crippen LogP contribution in [0, 0.1) is 25.7 Å². The topological polar surface area (TPSA) is 75.1 Å². The minimum Gasteiger partial charge on any atom is -0.481 e. The molecule has 2 unspecified atom stereocenters. The van der Waals surface area contributed by atoms with E-state index in [1.165, 1.54) is 0 Å². The Bertz CT molecular complexity index is 462. The molecule has 0 aliphatic heterocycles. The molecule has 19 heavy (non-hydrogen) atoms. The van der Waals surface area contributed by atoms with Crippen molar-refractivity contribution < 1.29 is 9.90 Å². The molecule has 2 N–H and O–H groups in total. The van der Waals surface area contributed by atoms with Crippen molar-refractivity contribution in [1.29, 1.82) is 0 Å². The second-order valence-corrected chi connectivity index (χ2v) is 5.30. The quantitative estimate of drug-likeness (QED) is 0.872. The summed E-state index contributed by atoms with van der Waals surface area (Å²) in [5.41, 5.74) is 1.83. The minimum atomic E-state index is -0.669. The van der Waals surface area contributed by atoms with Crippen molar-refractivity contribution in [2.45, 2.75) is 39.5 Å². The zero-order valence-corrected chi connectivity index (χ0v) is 11.5. The molecular formula is C14H21N3O2. The van der Waals surface area contributed by atoms with Gasteiger partial charge in [0.25, 0.3) is 0 Å². The number of aromatic nitrogens is 2. The van der Waals surface area contributed by atoms with E-state index in [0.717, 1.165) is 42.9 Å². The Hall–Kier alpha value is -1.65. The zero-order chi connectivity index (χ0) is 13.8. The number of aryl methyl sites for hydroxylation is 2. The summed E-state index contributed by atoms with van der Waals surface area (Å²) in [7, 11) is 0. The maximum Gasteiger partial charge on any atom is 0.306 e. The Balaban J connectivity index is 1.96. The van der Waals surface area contributed by atoms with Gasteiger partial charge < -0.3 is 10.4 Å². The Morgan fingerprint density at radius 3 is 2.79 bits per heavy atom. The van der Waals surface area contributed by atoms with Gasteiger partial charge in [0.2, 0.25) is 0 Å². The first-order chi connectivity index (χ1) is 9.08. The molecule has 2 rings (SSSR count). The highest BCUT2D eigenvalue weighted by Gasteiger charge is 2.30. The number of hydrogen-bond donors (Lipinski definition) is 2. The van der Waals surface area contributed by atoms with Crippen molar-refractivity contribution in [1.82, 2.24) is 9.97 Å². The highest BCUT2D eigenvalue weighted by molar-refractivity contribution is 5.70. The molecule has 1 aliphatic rings. The van der Waals surface area contributed by atoms with Gasteiger partial charge in [0.05, 0.1) is 23.5 Å². The number of hydrogen-bond acceptors (Lipinski definition) is 4. The molecular weight excluding hydrogens is 242 g/mol. The van der Waals surface area contributed by atoms with Crippen LogP contribution < -0.4 is 5.32 Å². The van der Waals surface area contributed by atoms with E-state index in [9.17, 15) is 9.90 Å². The number of rotatable bonds is 4. The molecule has 1 aromatic rings. The monoisotopic (exact) mass is 263 g/mol. The number of carboxylic acid groups (broad SMARTS) is 1. The standard InChI is InChI=1S/C14H21N3O2/c1-9-10(2)17-13(8-15-9)16-7-11-5-3-4-6-12(11)14(18)19/h8,11-12H,3-7H2,1-2H3,(H,16,17)(H,18,19). The summed E-state index contributed by atoms with van der Waals surface area (Å²) in [5.74, 6) is 0.0332. The molecule has 1 saturated carbocycles. The molecule has 2 atom stereocenters. The molecule has 0 saturated heterocycles. The highest BCUT2D eigenvalue weighted by atomic mass is 16.4. The van der Waals surface area contributed by atoms with E-state index in [1.54, 1.807) is 6.20 Å². The molecule has 1 aromatic heterocycles. The van der Waals surface area contributed by atoms with Crippen molar-refractivity contribution in [2.24, 2.45) is 11.8 Å². The van der Waals surface area contributed by atoms with Crippen LogP contribution in [0.25, 0.3) is 0 Å². The number of nitrogens with one attached hydrogen (secondary N) is 1. The number of carboxylic acids is 1. The molecule has 0 radical (unpaired) electrons.